The van der Waals surface area contributed by atoms with E-state index in [9.17, 15) is 19.5 Å². The number of aliphatic carboxylic acids is 1. The predicted octanol–water partition coefficient (Wildman–Crippen LogP) is 14.4. The summed E-state index contributed by atoms with van der Waals surface area (Å²) in [7, 11) is 5.49. The lowest BCUT2D eigenvalue weighted by molar-refractivity contribution is -0.887. The number of carbonyl (C=O) groups excluding carboxylic acids is 2. The van der Waals surface area contributed by atoms with Crippen molar-refractivity contribution < 1.29 is 38.2 Å². The maximum Gasteiger partial charge on any atom is 0.362 e. The number of quaternary nitrogens is 1. The second kappa shape index (κ2) is 46.0. The molecule has 1 N–H and O–H groups in total. The molecule has 0 aromatic carbocycles. The first-order valence-electron chi connectivity index (χ1n) is 24.7. The van der Waals surface area contributed by atoms with Crippen LogP contribution in [0, 0.1) is 0 Å². The molecule has 0 aliphatic heterocycles. The summed E-state index contributed by atoms with van der Waals surface area (Å²) in [5.41, 5.74) is 0. The molecule has 0 aliphatic rings. The number of carboxylic acid groups (broad SMARTS) is 1. The molecule has 65 heavy (non-hydrogen) atoms. The average molecular weight is 901 g/mol. The molecule has 0 heterocycles. The smallest absolute Gasteiger partial charge is 0.362 e. The Morgan fingerprint density at radius 1 is 0.462 bits per heavy atom. The Kier molecular flexibility index (Phi) is 42.8. The van der Waals surface area contributed by atoms with Gasteiger partial charge in [-0.2, -0.15) is 0 Å². The van der Waals surface area contributed by atoms with Crippen LogP contribution in [-0.2, 0) is 28.6 Å². The first kappa shape index (κ1) is 60.5. The van der Waals surface area contributed by atoms with Crippen molar-refractivity contribution in [3.63, 3.8) is 0 Å². The fourth-order valence-electron chi connectivity index (χ4n) is 6.30. The number of carbonyl (C=O) groups is 3. The zero-order valence-electron chi connectivity index (χ0n) is 41.4. The molecule has 364 valence electrons. The van der Waals surface area contributed by atoms with Crippen LogP contribution in [0.3, 0.4) is 0 Å². The minimum Gasteiger partial charge on any atom is -0.477 e. The molecule has 0 rings (SSSR count). The van der Waals surface area contributed by atoms with Crippen LogP contribution in [-0.4, -0.2) is 80.6 Å². The Morgan fingerprint density at radius 2 is 0.815 bits per heavy atom. The lowest BCUT2D eigenvalue weighted by atomic mass is 10.1. The van der Waals surface area contributed by atoms with E-state index in [0.717, 1.165) is 116 Å². The van der Waals surface area contributed by atoms with Gasteiger partial charge in [0.05, 0.1) is 34.4 Å². The minimum atomic E-state index is -0.892. The third-order valence-corrected chi connectivity index (χ3v) is 10.0. The zero-order chi connectivity index (χ0) is 47.7. The normalized spacial score (nSPS) is 14.0. The molecule has 2 unspecified atom stereocenters. The molecular weight excluding hydrogens is 811 g/mol. The van der Waals surface area contributed by atoms with Crippen LogP contribution in [0.2, 0.25) is 0 Å². The van der Waals surface area contributed by atoms with Crippen LogP contribution in [0.1, 0.15) is 155 Å². The number of ether oxygens (including phenoxy) is 3. The molecular formula is C57H90NO7+. The number of likely N-dealkylation sites (N-methyl/N-ethyl adjacent to an activating group) is 1. The number of allylic oxidation sites excluding steroid dienone is 22. The van der Waals surface area contributed by atoms with E-state index >= 15 is 0 Å². The minimum absolute atomic E-state index is 0.0263. The van der Waals surface area contributed by atoms with E-state index in [1.807, 2.05) is 21.1 Å². The molecule has 0 radical (unpaired) electrons. The number of carboxylic acids is 1. The number of hydrogen-bond acceptors (Lipinski definition) is 6. The lowest BCUT2D eigenvalue weighted by Gasteiger charge is -2.31. The highest BCUT2D eigenvalue weighted by atomic mass is 16.6. The predicted molar refractivity (Wildman–Crippen MR) is 275 cm³/mol. The van der Waals surface area contributed by atoms with Gasteiger partial charge in [-0.25, -0.2) is 4.79 Å². The van der Waals surface area contributed by atoms with Gasteiger partial charge in [-0.3, -0.25) is 9.59 Å². The molecule has 0 aliphatic carbocycles. The van der Waals surface area contributed by atoms with Gasteiger partial charge in [-0.05, 0) is 109 Å². The Morgan fingerprint density at radius 3 is 1.17 bits per heavy atom. The molecule has 0 saturated heterocycles. The van der Waals surface area contributed by atoms with Gasteiger partial charge in [0.1, 0.15) is 6.61 Å². The second-order valence-electron chi connectivity index (χ2n) is 17.0. The fraction of sp³-hybridized carbons (Fsp3) is 0.561. The summed E-state index contributed by atoms with van der Waals surface area (Å²) in [5, 5.41) is 9.65. The van der Waals surface area contributed by atoms with Crippen molar-refractivity contribution in [3.05, 3.63) is 134 Å². The molecule has 0 bridgehead atoms. The monoisotopic (exact) mass is 901 g/mol. The summed E-state index contributed by atoms with van der Waals surface area (Å²) in [6, 6.07) is -0.636. The first-order valence-corrected chi connectivity index (χ1v) is 24.7. The van der Waals surface area contributed by atoms with E-state index in [4.69, 9.17) is 14.2 Å². The summed E-state index contributed by atoms with van der Waals surface area (Å²) in [6.45, 7) is 4.41. The summed E-state index contributed by atoms with van der Waals surface area (Å²) in [4.78, 5) is 37.1. The number of hydrogen-bond donors (Lipinski definition) is 1. The van der Waals surface area contributed by atoms with E-state index in [1.165, 1.54) is 0 Å². The first-order chi connectivity index (χ1) is 31.6. The van der Waals surface area contributed by atoms with E-state index in [0.29, 0.717) is 19.3 Å². The van der Waals surface area contributed by atoms with Crippen molar-refractivity contribution in [2.24, 2.45) is 0 Å². The van der Waals surface area contributed by atoms with Crippen LogP contribution in [0.15, 0.2) is 134 Å². The lowest BCUT2D eigenvalue weighted by Crippen LogP contribution is -2.50. The SMILES string of the molecule is CC/C=C/C/C=C/C/C=C/C/C=C/C/C=C/C/C=C/CCCCCC(=O)OCC(COCCC(C(=O)O)[N+](C)(C)C)OC(=O)CCCCC/C=C/C/C=C/C/C=C/C/C=C/C/C=C/CC. The van der Waals surface area contributed by atoms with Gasteiger partial charge in [0, 0.05) is 19.3 Å². The molecule has 0 amide bonds. The Bertz CT molecular complexity index is 1520. The van der Waals surface area contributed by atoms with Gasteiger partial charge >= 0.3 is 17.9 Å². The van der Waals surface area contributed by atoms with Crippen LogP contribution < -0.4 is 0 Å². The van der Waals surface area contributed by atoms with E-state index in [1.54, 1.807) is 0 Å². The van der Waals surface area contributed by atoms with E-state index < -0.39 is 18.1 Å². The van der Waals surface area contributed by atoms with Crippen molar-refractivity contribution in [2.45, 2.75) is 167 Å². The van der Waals surface area contributed by atoms with Crippen LogP contribution in [0.4, 0.5) is 0 Å². The second-order valence-corrected chi connectivity index (χ2v) is 17.0. The quantitative estimate of drug-likeness (QED) is 0.0282. The summed E-state index contributed by atoms with van der Waals surface area (Å²) < 4.78 is 17.3. The van der Waals surface area contributed by atoms with Crippen molar-refractivity contribution >= 4 is 17.9 Å². The molecule has 8 nitrogen and oxygen atoms in total. The molecule has 8 heteroatoms. The zero-order valence-corrected chi connectivity index (χ0v) is 41.4. The van der Waals surface area contributed by atoms with Gasteiger partial charge < -0.3 is 23.8 Å². The molecule has 0 spiro atoms. The Labute approximate surface area is 396 Å². The molecule has 0 saturated carbocycles. The van der Waals surface area contributed by atoms with Crippen molar-refractivity contribution in [1.29, 1.82) is 0 Å². The van der Waals surface area contributed by atoms with Crippen LogP contribution in [0.5, 0.6) is 0 Å². The third kappa shape index (κ3) is 44.5. The average Bonchev–Trinajstić information content (AvgIpc) is 3.27. The number of nitrogens with zero attached hydrogens (tertiary/aromatic N) is 1. The van der Waals surface area contributed by atoms with Crippen LogP contribution in [0.25, 0.3) is 0 Å². The van der Waals surface area contributed by atoms with Crippen molar-refractivity contribution in [1.82, 2.24) is 0 Å². The summed E-state index contributed by atoms with van der Waals surface area (Å²) in [5.74, 6) is -1.57. The third-order valence-electron chi connectivity index (χ3n) is 10.0. The number of esters is 2. The van der Waals surface area contributed by atoms with E-state index in [2.05, 4.69) is 148 Å². The largest absolute Gasteiger partial charge is 0.477 e. The fourth-order valence-corrected chi connectivity index (χ4v) is 6.30. The molecule has 0 aromatic heterocycles. The standard InChI is InChI=1S/C57H89NO7/c1-6-8-10-12-14-16-18-20-22-24-26-27-28-30-31-33-35-37-39-41-43-45-47-55(59)64-52-53(51-63-50-49-54(57(61)62)58(3,4)5)65-56(60)48-46-44-42-40-38-36-34-32-29-25-23-21-19-17-15-13-11-9-7-2/h8-11,14-17,20-23,26-27,29-32,35-38,53-54H,6-7,12-13,18-19,24-25,28,33-34,39-52H2,1-5H3/p+1/b10-8+,11-9+,16-14+,17-15+,22-20+,23-21+,27-26+,31-30+,32-29+,37-35+,38-36+. The van der Waals surface area contributed by atoms with Gasteiger partial charge in [0.2, 0.25) is 0 Å². The van der Waals surface area contributed by atoms with E-state index in [-0.39, 0.29) is 42.7 Å². The molecule has 2 atom stereocenters. The highest BCUT2D eigenvalue weighted by Gasteiger charge is 2.31. The highest BCUT2D eigenvalue weighted by molar-refractivity contribution is 5.72. The summed E-state index contributed by atoms with van der Waals surface area (Å²) >= 11 is 0. The van der Waals surface area contributed by atoms with Crippen molar-refractivity contribution in [3.8, 4) is 0 Å². The maximum atomic E-state index is 12.8. The molecule has 0 aromatic rings. The Balaban J connectivity index is 4.44. The van der Waals surface area contributed by atoms with Crippen molar-refractivity contribution in [2.75, 3.05) is 41.0 Å². The highest BCUT2D eigenvalue weighted by Crippen LogP contribution is 2.12. The van der Waals surface area contributed by atoms with Gasteiger partial charge in [-0.15, -0.1) is 0 Å². The van der Waals surface area contributed by atoms with Gasteiger partial charge in [0.25, 0.3) is 0 Å². The molecule has 0 fully saturated rings. The maximum absolute atomic E-state index is 12.8. The van der Waals surface area contributed by atoms with Gasteiger partial charge in [-0.1, -0.05) is 160 Å². The topological polar surface area (TPSA) is 99.1 Å². The summed E-state index contributed by atoms with van der Waals surface area (Å²) in [6.07, 6.45) is 66.4. The Hall–Kier alpha value is -4.53. The van der Waals surface area contributed by atoms with Crippen LogP contribution >= 0.6 is 0 Å². The number of unbranched alkanes of at least 4 members (excludes halogenated alkanes) is 6. The van der Waals surface area contributed by atoms with Gasteiger partial charge in [0.15, 0.2) is 12.1 Å². The number of rotatable bonds is 42.